The van der Waals surface area contributed by atoms with E-state index in [0.717, 1.165) is 12.0 Å². The van der Waals surface area contributed by atoms with Crippen LogP contribution >= 0.6 is 11.6 Å². The molecule has 5 rings (SSSR count). The van der Waals surface area contributed by atoms with Gasteiger partial charge in [0.05, 0.1) is 18.7 Å². The molecule has 0 saturated carbocycles. The molecule has 4 aromatic rings. The molecule has 0 aliphatic carbocycles. The largest absolute Gasteiger partial charge is 0.503 e. The monoisotopic (exact) mass is 487 g/mol. The van der Waals surface area contributed by atoms with Gasteiger partial charge in [0.25, 0.3) is 5.91 Å². The van der Waals surface area contributed by atoms with Crippen LogP contribution in [0.1, 0.15) is 34.6 Å². The summed E-state index contributed by atoms with van der Waals surface area (Å²) in [6, 6.07) is 20.6. The van der Waals surface area contributed by atoms with E-state index in [1.807, 2.05) is 37.3 Å². The molecule has 1 aromatic heterocycles. The predicted octanol–water partition coefficient (Wildman–Crippen LogP) is 6.44. The average molecular weight is 488 g/mol. The van der Waals surface area contributed by atoms with Gasteiger partial charge in [-0.3, -0.25) is 14.5 Å². The van der Waals surface area contributed by atoms with E-state index < -0.39 is 23.5 Å². The van der Waals surface area contributed by atoms with Crippen molar-refractivity contribution in [1.29, 1.82) is 0 Å². The second-order valence-electron chi connectivity index (χ2n) is 8.24. The summed E-state index contributed by atoms with van der Waals surface area (Å²) in [5.41, 5.74) is 2.69. The summed E-state index contributed by atoms with van der Waals surface area (Å²) >= 11 is 6.17. The Morgan fingerprint density at radius 1 is 1.09 bits per heavy atom. The predicted molar refractivity (Wildman–Crippen MR) is 134 cm³/mol. The van der Waals surface area contributed by atoms with Crippen LogP contribution in [0.15, 0.2) is 88.5 Å². The van der Waals surface area contributed by atoms with Crippen molar-refractivity contribution in [3.63, 3.8) is 0 Å². The molecule has 0 fully saturated rings. The Balaban J connectivity index is 1.66. The Kier molecular flexibility index (Phi) is 5.83. The minimum absolute atomic E-state index is 0.0278. The van der Waals surface area contributed by atoms with Crippen molar-refractivity contribution in [1.82, 2.24) is 0 Å². The smallest absolute Gasteiger partial charge is 0.294 e. The number of carbonyl (C=O) groups is 2. The van der Waals surface area contributed by atoms with E-state index in [4.69, 9.17) is 20.8 Å². The number of rotatable bonds is 6. The Bertz CT molecular complexity index is 1470. The molecular weight excluding hydrogens is 466 g/mol. The van der Waals surface area contributed by atoms with Crippen LogP contribution in [0, 0.1) is 0 Å². The van der Waals surface area contributed by atoms with Crippen molar-refractivity contribution in [2.24, 2.45) is 0 Å². The summed E-state index contributed by atoms with van der Waals surface area (Å²) in [6.07, 6.45) is 0.850. The van der Waals surface area contributed by atoms with Crippen molar-refractivity contribution in [2.75, 3.05) is 12.0 Å². The molecule has 2 heterocycles. The number of para-hydroxylation sites is 1. The molecule has 0 radical (unpaired) electrons. The third-order valence-corrected chi connectivity index (χ3v) is 6.40. The van der Waals surface area contributed by atoms with E-state index in [1.54, 1.807) is 42.5 Å². The lowest BCUT2D eigenvalue weighted by atomic mass is 9.94. The van der Waals surface area contributed by atoms with Crippen molar-refractivity contribution in [2.45, 2.75) is 19.4 Å². The zero-order chi connectivity index (χ0) is 24.7. The van der Waals surface area contributed by atoms with Crippen molar-refractivity contribution < 1.29 is 23.8 Å². The maximum atomic E-state index is 13.8. The standard InChI is InChI=1S/C28H22ClNO5/c1-3-16-9-11-17(12-10-16)24-23(26(32)28(33)30(24)20-7-5-4-6-8-20)25(31)21-14-18-13-19(29)15-22(34-2)27(18)35-21/h4-15,24,32H,3H2,1-2H3. The molecule has 7 heteroatoms. The van der Waals surface area contributed by atoms with Gasteiger partial charge in [0.2, 0.25) is 5.78 Å². The van der Waals surface area contributed by atoms with E-state index in [0.29, 0.717) is 33.0 Å². The maximum absolute atomic E-state index is 13.8. The molecule has 0 bridgehead atoms. The van der Waals surface area contributed by atoms with Crippen molar-refractivity contribution >= 4 is 39.9 Å². The molecule has 0 saturated heterocycles. The van der Waals surface area contributed by atoms with Gasteiger partial charge >= 0.3 is 0 Å². The van der Waals surface area contributed by atoms with Crippen LogP contribution in [0.25, 0.3) is 11.0 Å². The van der Waals surface area contributed by atoms with Gasteiger partial charge < -0.3 is 14.3 Å². The number of ketones is 1. The van der Waals surface area contributed by atoms with E-state index in [2.05, 4.69) is 0 Å². The number of amides is 1. The first kappa shape index (κ1) is 22.7. The van der Waals surface area contributed by atoms with Gasteiger partial charge in [-0.2, -0.15) is 0 Å². The number of furan rings is 1. The van der Waals surface area contributed by atoms with Gasteiger partial charge in [-0.15, -0.1) is 0 Å². The summed E-state index contributed by atoms with van der Waals surface area (Å²) in [4.78, 5) is 28.5. The second-order valence-corrected chi connectivity index (χ2v) is 8.67. The third kappa shape index (κ3) is 3.86. The number of Topliss-reactive ketones (excluding diaryl/α,β-unsaturated/α-hetero) is 1. The number of halogens is 1. The fourth-order valence-corrected chi connectivity index (χ4v) is 4.64. The van der Waals surface area contributed by atoms with Gasteiger partial charge in [-0.05, 0) is 41.8 Å². The minimum atomic E-state index is -0.831. The van der Waals surface area contributed by atoms with Crippen LogP contribution in [0.4, 0.5) is 5.69 Å². The first-order chi connectivity index (χ1) is 16.9. The number of fused-ring (bicyclic) bond motifs is 1. The molecule has 0 spiro atoms. The van der Waals surface area contributed by atoms with Crippen LogP contribution in [0.5, 0.6) is 5.75 Å². The number of anilines is 1. The number of hydrogen-bond acceptors (Lipinski definition) is 5. The van der Waals surface area contributed by atoms with E-state index in [1.165, 1.54) is 12.0 Å². The molecule has 1 aliphatic heterocycles. The van der Waals surface area contributed by atoms with E-state index in [9.17, 15) is 14.7 Å². The lowest BCUT2D eigenvalue weighted by Gasteiger charge is -2.27. The maximum Gasteiger partial charge on any atom is 0.294 e. The highest BCUT2D eigenvalue weighted by Gasteiger charge is 2.45. The van der Waals surface area contributed by atoms with Gasteiger partial charge in [0.1, 0.15) is 0 Å². The van der Waals surface area contributed by atoms with Crippen molar-refractivity contribution in [3.8, 4) is 5.75 Å². The normalized spacial score (nSPS) is 15.8. The quantitative estimate of drug-likeness (QED) is 0.316. The Morgan fingerprint density at radius 2 is 1.80 bits per heavy atom. The van der Waals surface area contributed by atoms with Gasteiger partial charge in [0, 0.05) is 22.2 Å². The summed E-state index contributed by atoms with van der Waals surface area (Å²) in [5, 5.41) is 12.0. The molecule has 1 amide bonds. The summed E-state index contributed by atoms with van der Waals surface area (Å²) < 4.78 is 11.2. The number of carbonyl (C=O) groups excluding carboxylic acids is 2. The average Bonchev–Trinajstić information content (AvgIpc) is 3.42. The summed E-state index contributed by atoms with van der Waals surface area (Å²) in [5.74, 6) is -1.49. The van der Waals surface area contributed by atoms with Gasteiger partial charge in [-0.1, -0.05) is 61.0 Å². The molecule has 6 nitrogen and oxygen atoms in total. The fourth-order valence-electron chi connectivity index (χ4n) is 4.43. The third-order valence-electron chi connectivity index (χ3n) is 6.18. The highest BCUT2D eigenvalue weighted by Crippen LogP contribution is 2.43. The van der Waals surface area contributed by atoms with Gasteiger partial charge in [-0.25, -0.2) is 0 Å². The number of aryl methyl sites for hydroxylation is 1. The molecule has 176 valence electrons. The molecule has 35 heavy (non-hydrogen) atoms. The van der Waals surface area contributed by atoms with Crippen LogP contribution in [0.2, 0.25) is 5.02 Å². The first-order valence-electron chi connectivity index (χ1n) is 11.1. The van der Waals surface area contributed by atoms with E-state index >= 15 is 0 Å². The molecule has 3 aromatic carbocycles. The number of hydrogen-bond donors (Lipinski definition) is 1. The van der Waals surface area contributed by atoms with Gasteiger partial charge in [0.15, 0.2) is 22.9 Å². The Morgan fingerprint density at radius 3 is 2.46 bits per heavy atom. The molecular formula is C28H22ClNO5. The number of aliphatic hydroxyl groups excluding tert-OH is 1. The number of aliphatic hydroxyl groups is 1. The molecule has 1 aliphatic rings. The number of ether oxygens (including phenoxy) is 1. The highest BCUT2D eigenvalue weighted by atomic mass is 35.5. The number of nitrogens with zero attached hydrogens (tertiary/aromatic N) is 1. The summed E-state index contributed by atoms with van der Waals surface area (Å²) in [7, 11) is 1.48. The first-order valence-corrected chi connectivity index (χ1v) is 11.5. The molecule has 1 unspecified atom stereocenters. The zero-order valence-electron chi connectivity index (χ0n) is 19.1. The SMILES string of the molecule is CCc1ccc(C2C(C(=O)c3cc4cc(Cl)cc(OC)c4o3)=C(O)C(=O)N2c2ccccc2)cc1. The minimum Gasteiger partial charge on any atom is -0.503 e. The summed E-state index contributed by atoms with van der Waals surface area (Å²) in [6.45, 7) is 2.05. The zero-order valence-corrected chi connectivity index (χ0v) is 19.9. The van der Waals surface area contributed by atoms with Crippen LogP contribution in [0.3, 0.4) is 0 Å². The van der Waals surface area contributed by atoms with Crippen LogP contribution in [-0.2, 0) is 11.2 Å². The highest BCUT2D eigenvalue weighted by molar-refractivity contribution is 6.31. The molecule has 1 atom stereocenters. The number of methoxy groups -OCH3 is 1. The Labute approximate surface area is 207 Å². The Hall–Kier alpha value is -4.03. The topological polar surface area (TPSA) is 80.0 Å². The lowest BCUT2D eigenvalue weighted by Crippen LogP contribution is -2.31. The van der Waals surface area contributed by atoms with E-state index in [-0.39, 0.29) is 11.3 Å². The van der Waals surface area contributed by atoms with Crippen molar-refractivity contribution in [3.05, 3.63) is 106 Å². The lowest BCUT2D eigenvalue weighted by molar-refractivity contribution is -0.117. The second kappa shape index (κ2) is 8.96. The van der Waals surface area contributed by atoms with Crippen LogP contribution < -0.4 is 9.64 Å². The number of benzene rings is 3. The fraction of sp³-hybridized carbons (Fsp3) is 0.143. The van der Waals surface area contributed by atoms with Crippen LogP contribution in [-0.4, -0.2) is 23.9 Å². The molecule has 1 N–H and O–H groups in total.